The third-order valence-corrected chi connectivity index (χ3v) is 8.66. The predicted octanol–water partition coefficient (Wildman–Crippen LogP) is 5.67. The molecule has 0 aliphatic rings. The Kier molecular flexibility index (Phi) is 9.97. The summed E-state index contributed by atoms with van der Waals surface area (Å²) in [7, 11) is -4.16. The number of hydrogen-bond acceptors (Lipinski definition) is 4. The van der Waals surface area contributed by atoms with E-state index in [1.165, 1.54) is 29.2 Å². The lowest BCUT2D eigenvalue weighted by Crippen LogP contribution is -2.55. The maximum atomic E-state index is 14.2. The van der Waals surface area contributed by atoms with Gasteiger partial charge in [0.15, 0.2) is 0 Å². The smallest absolute Gasteiger partial charge is 0.264 e. The van der Waals surface area contributed by atoms with E-state index in [2.05, 4.69) is 5.32 Å². The molecule has 3 aromatic carbocycles. The van der Waals surface area contributed by atoms with Crippen LogP contribution in [0.1, 0.15) is 56.4 Å². The first-order valence-electron chi connectivity index (χ1n) is 13.7. The highest BCUT2D eigenvalue weighted by Crippen LogP contribution is 2.29. The zero-order valence-corrected chi connectivity index (χ0v) is 25.7. The number of amides is 2. The molecule has 2 amide bonds. The van der Waals surface area contributed by atoms with E-state index >= 15 is 0 Å². The molecule has 3 rings (SSSR count). The summed E-state index contributed by atoms with van der Waals surface area (Å²) in [6, 6.07) is 16.6. The number of nitrogens with zero attached hydrogens (tertiary/aromatic N) is 2. The van der Waals surface area contributed by atoms with E-state index in [0.717, 1.165) is 21.0 Å². The molecule has 0 aliphatic heterocycles. The number of benzene rings is 3. The lowest BCUT2D eigenvalue weighted by Gasteiger charge is -2.35. The van der Waals surface area contributed by atoms with Crippen molar-refractivity contribution in [1.82, 2.24) is 10.2 Å². The largest absolute Gasteiger partial charge is 0.350 e. The van der Waals surface area contributed by atoms with Gasteiger partial charge >= 0.3 is 0 Å². The second-order valence-corrected chi connectivity index (χ2v) is 13.2. The molecular weight excluding hydrogens is 541 g/mol. The third kappa shape index (κ3) is 7.94. The fourth-order valence-electron chi connectivity index (χ4n) is 4.52. The van der Waals surface area contributed by atoms with Gasteiger partial charge in [-0.25, -0.2) is 12.8 Å². The average Bonchev–Trinajstić information content (AvgIpc) is 2.89. The molecule has 9 heteroatoms. The van der Waals surface area contributed by atoms with E-state index in [-0.39, 0.29) is 17.3 Å². The molecule has 0 heterocycles. The van der Waals surface area contributed by atoms with Crippen LogP contribution in [0.25, 0.3) is 0 Å². The van der Waals surface area contributed by atoms with E-state index in [0.29, 0.717) is 17.7 Å². The predicted molar refractivity (Wildman–Crippen MR) is 161 cm³/mol. The van der Waals surface area contributed by atoms with Crippen LogP contribution in [0.4, 0.5) is 10.1 Å². The van der Waals surface area contributed by atoms with Crippen molar-refractivity contribution in [3.05, 3.63) is 94.8 Å². The van der Waals surface area contributed by atoms with Crippen molar-refractivity contribution in [2.24, 2.45) is 0 Å². The van der Waals surface area contributed by atoms with Gasteiger partial charge in [0, 0.05) is 12.1 Å². The Balaban J connectivity index is 2.11. The fraction of sp³-hybridized carbons (Fsp3) is 0.375. The van der Waals surface area contributed by atoms with E-state index in [9.17, 15) is 22.4 Å². The first kappa shape index (κ1) is 31.8. The van der Waals surface area contributed by atoms with Crippen molar-refractivity contribution in [3.63, 3.8) is 0 Å². The minimum atomic E-state index is -4.16. The number of carbonyl (C=O) groups excluding carboxylic acids is 2. The average molecular weight is 582 g/mol. The van der Waals surface area contributed by atoms with Gasteiger partial charge in [-0.05, 0) is 95.0 Å². The van der Waals surface area contributed by atoms with E-state index in [1.807, 2.05) is 47.6 Å². The van der Waals surface area contributed by atoms with Gasteiger partial charge in [-0.3, -0.25) is 13.9 Å². The van der Waals surface area contributed by atoms with Crippen LogP contribution in [0.15, 0.2) is 71.6 Å². The Hall–Kier alpha value is -3.72. The van der Waals surface area contributed by atoms with E-state index in [4.69, 9.17) is 0 Å². The highest BCUT2D eigenvalue weighted by Gasteiger charge is 2.35. The van der Waals surface area contributed by atoms with Crippen LogP contribution in [-0.4, -0.2) is 43.3 Å². The molecule has 1 N–H and O–H groups in total. The van der Waals surface area contributed by atoms with Gasteiger partial charge in [-0.1, -0.05) is 48.9 Å². The molecule has 220 valence electrons. The quantitative estimate of drug-likeness (QED) is 0.334. The summed E-state index contributed by atoms with van der Waals surface area (Å²) in [5, 5.41) is 2.94. The Labute approximate surface area is 243 Å². The lowest BCUT2D eigenvalue weighted by atomic mass is 10.1. The van der Waals surface area contributed by atoms with Gasteiger partial charge in [-0.2, -0.15) is 0 Å². The van der Waals surface area contributed by atoms with Gasteiger partial charge in [0.1, 0.15) is 18.4 Å². The lowest BCUT2D eigenvalue weighted by molar-refractivity contribution is -0.141. The van der Waals surface area contributed by atoms with E-state index in [1.54, 1.807) is 43.3 Å². The molecule has 0 aromatic heterocycles. The number of carbonyl (C=O) groups is 2. The van der Waals surface area contributed by atoms with Crippen molar-refractivity contribution in [1.29, 1.82) is 0 Å². The first-order chi connectivity index (χ1) is 19.1. The van der Waals surface area contributed by atoms with Crippen molar-refractivity contribution in [2.45, 2.75) is 77.9 Å². The van der Waals surface area contributed by atoms with Gasteiger partial charge < -0.3 is 10.2 Å². The molecule has 0 fully saturated rings. The van der Waals surface area contributed by atoms with Gasteiger partial charge in [0.2, 0.25) is 11.8 Å². The van der Waals surface area contributed by atoms with Crippen LogP contribution >= 0.6 is 0 Å². The number of nitrogens with one attached hydrogen (secondary N) is 1. The zero-order valence-electron chi connectivity index (χ0n) is 24.9. The highest BCUT2D eigenvalue weighted by atomic mass is 32.2. The number of anilines is 1. The van der Waals surface area contributed by atoms with Crippen LogP contribution in [-0.2, 0) is 26.2 Å². The van der Waals surface area contributed by atoms with Crippen molar-refractivity contribution >= 4 is 27.5 Å². The minimum absolute atomic E-state index is 0.000399. The molecule has 0 saturated carbocycles. The molecule has 1 atom stereocenters. The van der Waals surface area contributed by atoms with Gasteiger partial charge in [-0.15, -0.1) is 0 Å². The van der Waals surface area contributed by atoms with Crippen molar-refractivity contribution in [3.8, 4) is 0 Å². The molecule has 7 nitrogen and oxygen atoms in total. The molecule has 41 heavy (non-hydrogen) atoms. The molecule has 3 aromatic rings. The van der Waals surface area contributed by atoms with Crippen molar-refractivity contribution in [2.75, 3.05) is 10.8 Å². The van der Waals surface area contributed by atoms with Crippen LogP contribution in [0.5, 0.6) is 0 Å². The van der Waals surface area contributed by atoms with Gasteiger partial charge in [0.25, 0.3) is 10.0 Å². The number of sulfonamides is 1. The fourth-order valence-corrected chi connectivity index (χ4v) is 5.99. The van der Waals surface area contributed by atoms with Gasteiger partial charge in [0.05, 0.1) is 10.6 Å². The Bertz CT molecular complexity index is 1480. The van der Waals surface area contributed by atoms with Crippen LogP contribution in [0.3, 0.4) is 0 Å². The molecule has 0 unspecified atom stereocenters. The summed E-state index contributed by atoms with van der Waals surface area (Å²) in [5.74, 6) is -1.33. The van der Waals surface area contributed by atoms with Crippen LogP contribution in [0.2, 0.25) is 0 Å². The second kappa shape index (κ2) is 12.9. The molecule has 0 bridgehead atoms. The molecule has 0 spiro atoms. The standard InChI is InChI=1S/C32H40FN3O4S/c1-8-28(31(38)34-32(5,6)7)35(20-25-14-16-26(33)17-15-25)30(37)21-36(29-11-9-10-23(3)24(29)4)41(39,40)27-18-12-22(2)13-19-27/h9-19,28H,8,20-21H2,1-7H3,(H,34,38)/t28-/m1/s1. The zero-order chi connectivity index (χ0) is 30.5. The van der Waals surface area contributed by atoms with Crippen LogP contribution in [0, 0.1) is 26.6 Å². The SMILES string of the molecule is CC[C@H](C(=O)NC(C)(C)C)N(Cc1ccc(F)cc1)C(=O)CN(c1cccc(C)c1C)S(=O)(=O)c1ccc(C)cc1. The van der Waals surface area contributed by atoms with Crippen molar-refractivity contribution < 1.29 is 22.4 Å². The van der Waals surface area contributed by atoms with E-state index < -0.39 is 39.9 Å². The number of hydrogen-bond donors (Lipinski definition) is 1. The maximum Gasteiger partial charge on any atom is 0.264 e. The molecule has 0 saturated heterocycles. The highest BCUT2D eigenvalue weighted by molar-refractivity contribution is 7.92. The second-order valence-electron chi connectivity index (χ2n) is 11.4. The summed E-state index contributed by atoms with van der Waals surface area (Å²) in [5.41, 5.74) is 2.94. The topological polar surface area (TPSA) is 86.8 Å². The summed E-state index contributed by atoms with van der Waals surface area (Å²) < 4.78 is 42.9. The summed E-state index contributed by atoms with van der Waals surface area (Å²) in [6.45, 7) is 12.4. The molecular formula is C32H40FN3O4S. The summed E-state index contributed by atoms with van der Waals surface area (Å²) in [6.07, 6.45) is 0.295. The monoisotopic (exact) mass is 581 g/mol. The number of aryl methyl sites for hydroxylation is 2. The number of halogens is 1. The molecule has 0 aliphatic carbocycles. The Morgan fingerprint density at radius 2 is 1.54 bits per heavy atom. The Morgan fingerprint density at radius 3 is 2.10 bits per heavy atom. The minimum Gasteiger partial charge on any atom is -0.350 e. The Morgan fingerprint density at radius 1 is 0.927 bits per heavy atom. The number of rotatable bonds is 10. The normalized spacial score (nSPS) is 12.5. The third-order valence-electron chi connectivity index (χ3n) is 6.88. The summed E-state index contributed by atoms with van der Waals surface area (Å²) in [4.78, 5) is 29.0. The maximum absolute atomic E-state index is 14.2. The molecule has 0 radical (unpaired) electrons. The van der Waals surface area contributed by atoms with Crippen LogP contribution < -0.4 is 9.62 Å². The summed E-state index contributed by atoms with van der Waals surface area (Å²) >= 11 is 0. The first-order valence-corrected chi connectivity index (χ1v) is 15.1.